The Bertz CT molecular complexity index is 3500. The van der Waals surface area contributed by atoms with Crippen LogP contribution in [0.25, 0.3) is 0 Å². The number of carbonyl (C=O) groups excluding carboxylic acids is 10. The number of cyclic esters (lactones) is 2. The largest absolute Gasteiger partial charge is 0.504 e. The highest BCUT2D eigenvalue weighted by Gasteiger charge is 2.65. The minimum absolute atomic E-state index is 0.0112. The van der Waals surface area contributed by atoms with Crippen molar-refractivity contribution in [2.75, 3.05) is 47.6 Å². The molecule has 4 aliphatic heterocycles. The van der Waals surface area contributed by atoms with Crippen LogP contribution in [-0.4, -0.2) is 198 Å². The molecule has 2 saturated carbocycles. The number of carbonyl (C=O) groups is 10. The summed E-state index contributed by atoms with van der Waals surface area (Å²) in [5.74, 6) is -12.7. The number of nitrogens with zero attached hydrogens (tertiary/aromatic N) is 2. The number of ketones is 4. The van der Waals surface area contributed by atoms with E-state index in [4.69, 9.17) is 42.6 Å². The van der Waals surface area contributed by atoms with Crippen LogP contribution in [-0.2, 0) is 90.6 Å². The number of fused-ring (bicyclic) bond motifs is 7. The molecule has 24 heteroatoms. The fourth-order valence-electron chi connectivity index (χ4n) is 18.0. The van der Waals surface area contributed by atoms with Crippen LogP contribution in [0.2, 0.25) is 0 Å². The van der Waals surface area contributed by atoms with Crippen LogP contribution in [0.1, 0.15) is 212 Å². The van der Waals surface area contributed by atoms with Crippen LogP contribution < -0.4 is 0 Å². The third-order valence-corrected chi connectivity index (χ3v) is 24.4. The standard InChI is InChI=1S/C83H120N2O22/c1-16-84(17-2)45-58-70-75(93)74(92)69-59-36-37-65(81(59,11)44-64(102-54(10)86)71(69)82(70,12)66(46-99-13)106-79(58)96)105-68(89)29-22-21-28-67(88)103-56-34-31-55(32-35-56)41-50(6)63-43-61(87)49(5)40-52(8)73(91)76(101-15)72(90)51(7)39-47(3)25-19-18-20-26-48(4)62(100-14)42-57-33-30-53(9)83(98,107-57)77(94)78(95)85-38-24-23-27-60(85)80(97)104-63/h18-20,25-26,40,45,47,49-51,53,55-57,59-60,62-66,73,76,91,93,98H,16-17,21-24,27-39,41-44,46H2,1-15H3/b20-18+,25-19+,48-26+,52-40+,58-45+/t47-,49?,50-,51-,53-,55-,56-,57+,59?,60+,62+,63+,64-,65+,66-,73-,76+,81+,82+,83-/m1/s1. The van der Waals surface area contributed by atoms with Gasteiger partial charge in [0, 0.05) is 114 Å². The maximum Gasteiger partial charge on any atom is 0.340 e. The van der Waals surface area contributed by atoms with Crippen molar-refractivity contribution in [1.29, 1.82) is 0 Å². The number of ether oxygens (including phenoxy) is 9. The van der Waals surface area contributed by atoms with Gasteiger partial charge in [-0.05, 0) is 178 Å². The molecule has 4 heterocycles. The zero-order chi connectivity index (χ0) is 78.6. The first-order chi connectivity index (χ1) is 50.7. The van der Waals surface area contributed by atoms with Crippen LogP contribution >= 0.6 is 0 Å². The molecule has 1 amide bonds. The normalized spacial score (nSPS) is 37.0. The molecule has 5 fully saturated rings. The predicted molar refractivity (Wildman–Crippen MR) is 395 cm³/mol. The number of aliphatic hydroxyl groups excluding tert-OH is 2. The monoisotopic (exact) mass is 1500 g/mol. The van der Waals surface area contributed by atoms with Gasteiger partial charge in [-0.25, -0.2) is 9.59 Å². The van der Waals surface area contributed by atoms with Crippen molar-refractivity contribution in [2.24, 2.45) is 52.3 Å². The van der Waals surface area contributed by atoms with Gasteiger partial charge >= 0.3 is 29.8 Å². The van der Waals surface area contributed by atoms with E-state index in [0.29, 0.717) is 114 Å². The summed E-state index contributed by atoms with van der Waals surface area (Å²) in [5, 5.41) is 35.8. The van der Waals surface area contributed by atoms with Crippen molar-refractivity contribution in [3.8, 4) is 0 Å². The van der Waals surface area contributed by atoms with Crippen LogP contribution in [0, 0.1) is 52.3 Å². The minimum Gasteiger partial charge on any atom is -0.504 e. The second kappa shape index (κ2) is 37.6. The lowest BCUT2D eigenvalue weighted by Gasteiger charge is -2.54. The van der Waals surface area contributed by atoms with Crippen molar-refractivity contribution in [3.05, 3.63) is 81.9 Å². The summed E-state index contributed by atoms with van der Waals surface area (Å²) in [6.45, 7) is 22.3. The highest BCUT2D eigenvalue weighted by Crippen LogP contribution is 2.64. The van der Waals surface area contributed by atoms with Gasteiger partial charge in [-0.3, -0.25) is 38.4 Å². The Balaban J connectivity index is 0.903. The molecular formula is C83H120N2O22. The lowest BCUT2D eigenvalue weighted by Crippen LogP contribution is -2.61. The van der Waals surface area contributed by atoms with Gasteiger partial charge in [0.05, 0.1) is 29.8 Å². The Kier molecular flexibility index (Phi) is 30.1. The first-order valence-corrected chi connectivity index (χ1v) is 39.1. The van der Waals surface area contributed by atoms with E-state index in [-0.39, 0.29) is 97.9 Å². The third kappa shape index (κ3) is 19.6. The predicted octanol–water partition coefficient (Wildman–Crippen LogP) is 10.8. The Labute approximate surface area is 631 Å². The highest BCUT2D eigenvalue weighted by atomic mass is 16.6. The van der Waals surface area contributed by atoms with Crippen molar-refractivity contribution in [1.82, 2.24) is 9.80 Å². The number of esters is 5. The number of methoxy groups -OCH3 is 3. The molecule has 24 nitrogen and oxygen atoms in total. The Morgan fingerprint density at radius 3 is 2.12 bits per heavy atom. The van der Waals surface area contributed by atoms with Gasteiger partial charge in [0.15, 0.2) is 11.5 Å². The number of hydrogen-bond acceptors (Lipinski definition) is 23. The number of hydrogen-bond donors (Lipinski definition) is 3. The Morgan fingerprint density at radius 2 is 1.48 bits per heavy atom. The minimum atomic E-state index is -2.49. The molecule has 8 rings (SSSR count). The molecule has 4 aliphatic carbocycles. The first kappa shape index (κ1) is 85.6. The maximum atomic E-state index is 14.8. The van der Waals surface area contributed by atoms with Crippen LogP contribution in [0.4, 0.5) is 0 Å². The number of aliphatic hydroxyl groups is 3. The van der Waals surface area contributed by atoms with Crippen LogP contribution in [0.5, 0.6) is 0 Å². The van der Waals surface area contributed by atoms with E-state index in [1.54, 1.807) is 54.0 Å². The molecule has 8 aliphatic rings. The molecule has 0 radical (unpaired) electrons. The van der Waals surface area contributed by atoms with E-state index in [2.05, 4.69) is 0 Å². The number of rotatable bonds is 18. The summed E-state index contributed by atoms with van der Waals surface area (Å²) in [6, 6.07) is -1.22. The molecular weight excluding hydrogens is 1380 g/mol. The van der Waals surface area contributed by atoms with Crippen molar-refractivity contribution in [2.45, 2.75) is 278 Å². The van der Waals surface area contributed by atoms with Gasteiger partial charge in [0.2, 0.25) is 11.6 Å². The number of Topliss-reactive ketones (excluding diaryl/α,β-unsaturated/α-hetero) is 4. The summed E-state index contributed by atoms with van der Waals surface area (Å²) in [6.07, 6.45) is 11.9. The summed E-state index contributed by atoms with van der Waals surface area (Å²) in [4.78, 5) is 144. The lowest BCUT2D eigenvalue weighted by atomic mass is 9.53. The Morgan fingerprint density at radius 1 is 0.794 bits per heavy atom. The summed E-state index contributed by atoms with van der Waals surface area (Å²) in [5.41, 5.74) is -0.302. The molecule has 3 saturated heterocycles. The number of allylic oxidation sites excluding steroid dienone is 7. The number of piperidine rings is 1. The molecule has 0 spiro atoms. The zero-order valence-electron chi connectivity index (χ0n) is 65.8. The third-order valence-electron chi connectivity index (χ3n) is 24.4. The average molecular weight is 1500 g/mol. The van der Waals surface area contributed by atoms with E-state index >= 15 is 0 Å². The maximum absolute atomic E-state index is 14.8. The molecule has 0 aromatic rings. The zero-order valence-corrected chi connectivity index (χ0v) is 65.8. The molecule has 2 bridgehead atoms. The fraction of sp³-hybridized carbons (Fsp3) is 0.711. The number of amides is 1. The molecule has 107 heavy (non-hydrogen) atoms. The molecule has 0 aromatic heterocycles. The van der Waals surface area contributed by atoms with Gasteiger partial charge in [0.25, 0.3) is 11.7 Å². The summed E-state index contributed by atoms with van der Waals surface area (Å²) in [7, 11) is 4.38. The van der Waals surface area contributed by atoms with Gasteiger partial charge in [-0.15, -0.1) is 0 Å². The van der Waals surface area contributed by atoms with E-state index in [1.807, 2.05) is 76.8 Å². The summed E-state index contributed by atoms with van der Waals surface area (Å²) >= 11 is 0. The smallest absolute Gasteiger partial charge is 0.340 e. The second-order valence-corrected chi connectivity index (χ2v) is 32.0. The van der Waals surface area contributed by atoms with Gasteiger partial charge in [0.1, 0.15) is 54.6 Å². The molecule has 594 valence electrons. The van der Waals surface area contributed by atoms with E-state index in [1.165, 1.54) is 26.0 Å². The van der Waals surface area contributed by atoms with E-state index < -0.39 is 154 Å². The number of unbranched alkanes of at least 4 members (excludes halogenated alkanes) is 1. The van der Waals surface area contributed by atoms with Crippen molar-refractivity contribution < 1.29 is 106 Å². The molecule has 3 N–H and O–H groups in total. The average Bonchev–Trinajstić information content (AvgIpc) is 1.66. The molecule has 2 unspecified atom stereocenters. The van der Waals surface area contributed by atoms with Gasteiger partial charge < -0.3 is 67.8 Å². The summed E-state index contributed by atoms with van der Waals surface area (Å²) < 4.78 is 54.1. The van der Waals surface area contributed by atoms with Crippen LogP contribution in [0.3, 0.4) is 0 Å². The first-order valence-electron chi connectivity index (χ1n) is 39.1. The SMILES string of the molecule is CCN(/C=C1/C(=O)O[C@H](COC)[C@@]2(C)C1=C(O)C(=O)C1=C2[C@H](OC(C)=O)C[C@@]2(C)C1CC[C@@H]2OC(=O)CCCCC(=O)O[C@H]1CC[C@H](C[C@@H](C)[C@@H]2CC(=O)C(C)/C=C(\C)[C@@H](O)[C@@H](OC)C(=O)[C@H](C)C[C@H](C)/C=C/C=C/C=C(\C)[C@@H](OC)C[C@@H]3CC[C@@H](C)[C@@](O)(O3)C(=O)C(=O)N3CCCC[C@H]3C(=O)O2)CC1)CC. The second-order valence-electron chi connectivity index (χ2n) is 32.0. The highest BCUT2D eigenvalue weighted by molar-refractivity contribution is 6.39. The Hall–Kier alpha value is -6.96. The topological polar surface area (TPSA) is 321 Å². The molecule has 18 atom stereocenters. The lowest BCUT2D eigenvalue weighted by molar-refractivity contribution is -0.265. The van der Waals surface area contributed by atoms with Gasteiger partial charge in [-0.2, -0.15) is 0 Å². The van der Waals surface area contributed by atoms with Crippen LogP contribution in [0.15, 0.2) is 81.9 Å². The quantitative estimate of drug-likeness (QED) is 0.0287. The fourth-order valence-corrected chi connectivity index (χ4v) is 18.0. The van der Waals surface area contributed by atoms with Gasteiger partial charge in [-0.1, -0.05) is 78.0 Å². The van der Waals surface area contributed by atoms with Crippen molar-refractivity contribution >= 4 is 58.9 Å². The molecule has 0 aromatic carbocycles. The van der Waals surface area contributed by atoms with E-state index in [0.717, 1.165) is 5.57 Å². The van der Waals surface area contributed by atoms with Crippen molar-refractivity contribution in [3.63, 3.8) is 0 Å². The van der Waals surface area contributed by atoms with E-state index in [9.17, 15) is 63.3 Å².